The topological polar surface area (TPSA) is 79.1 Å². The molecule has 0 aliphatic carbocycles. The van der Waals surface area contributed by atoms with E-state index in [4.69, 9.17) is 19.2 Å². The van der Waals surface area contributed by atoms with E-state index in [1.807, 2.05) is 66.7 Å². The molecule has 0 saturated heterocycles. The van der Waals surface area contributed by atoms with Gasteiger partial charge in [0, 0.05) is 5.56 Å². The fourth-order valence-corrected chi connectivity index (χ4v) is 7.02. The summed E-state index contributed by atoms with van der Waals surface area (Å²) in [6, 6.07) is 28.0. The average molecular weight is 747 g/mol. The summed E-state index contributed by atoms with van der Waals surface area (Å²) in [5.41, 5.74) is 3.55. The third-order valence-corrected chi connectivity index (χ3v) is 9.12. The highest BCUT2D eigenvalue weighted by Gasteiger charge is 2.35. The summed E-state index contributed by atoms with van der Waals surface area (Å²) in [4.78, 5) is 33.1. The van der Waals surface area contributed by atoms with Gasteiger partial charge in [0.25, 0.3) is 5.56 Å². The van der Waals surface area contributed by atoms with E-state index in [0.29, 0.717) is 32.1 Å². The van der Waals surface area contributed by atoms with Crippen molar-refractivity contribution in [2.24, 2.45) is 4.99 Å². The number of carbonyl (C=O) groups is 1. The van der Waals surface area contributed by atoms with Crippen molar-refractivity contribution in [3.8, 4) is 11.5 Å². The minimum absolute atomic E-state index is 0.181. The van der Waals surface area contributed by atoms with E-state index in [9.17, 15) is 14.0 Å². The van der Waals surface area contributed by atoms with E-state index in [1.54, 1.807) is 42.9 Å². The van der Waals surface area contributed by atoms with Gasteiger partial charge in [-0.15, -0.1) is 0 Å². The first-order valence-corrected chi connectivity index (χ1v) is 16.4. The van der Waals surface area contributed by atoms with Crippen LogP contribution in [0.5, 0.6) is 11.5 Å². The smallest absolute Gasteiger partial charge is 0.338 e. The summed E-state index contributed by atoms with van der Waals surface area (Å²) in [5.74, 6) is 0.200. The van der Waals surface area contributed by atoms with E-state index >= 15 is 0 Å². The monoisotopic (exact) mass is 746 g/mol. The highest BCUT2D eigenvalue weighted by Crippen LogP contribution is 2.36. The number of ether oxygens (including phenoxy) is 3. The minimum Gasteiger partial charge on any atom is -0.493 e. The van der Waals surface area contributed by atoms with Crippen LogP contribution in [0.1, 0.15) is 35.2 Å². The van der Waals surface area contributed by atoms with Crippen LogP contribution in [0.15, 0.2) is 112 Å². The lowest BCUT2D eigenvalue weighted by Crippen LogP contribution is -2.40. The molecule has 0 unspecified atom stereocenters. The molecular weight excluding hydrogens is 718 g/mol. The number of thiazole rings is 1. The normalized spacial score (nSPS) is 14.4. The molecule has 0 saturated carbocycles. The number of carbonyl (C=O) groups excluding carboxylic acids is 1. The molecule has 4 aromatic carbocycles. The molecule has 0 N–H and O–H groups in total. The van der Waals surface area contributed by atoms with E-state index in [2.05, 4.69) is 22.6 Å². The molecule has 46 heavy (non-hydrogen) atoms. The molecule has 0 radical (unpaired) electrons. The van der Waals surface area contributed by atoms with Crippen LogP contribution in [-0.2, 0) is 16.1 Å². The Morgan fingerprint density at radius 1 is 1.02 bits per heavy atom. The second-order valence-electron chi connectivity index (χ2n) is 10.3. The Morgan fingerprint density at radius 2 is 1.72 bits per heavy atom. The summed E-state index contributed by atoms with van der Waals surface area (Å²) < 4.78 is 33.4. The zero-order chi connectivity index (χ0) is 32.2. The number of nitrogens with zero attached hydrogens (tertiary/aromatic N) is 2. The third kappa shape index (κ3) is 6.40. The van der Waals surface area contributed by atoms with Crippen molar-refractivity contribution in [3.05, 3.63) is 154 Å². The number of halogens is 2. The lowest BCUT2D eigenvalue weighted by molar-refractivity contribution is -0.138. The molecule has 5 aromatic rings. The predicted octanol–water partition coefficient (Wildman–Crippen LogP) is 6.27. The fraction of sp³-hybridized carbons (Fsp3) is 0.139. The van der Waals surface area contributed by atoms with Gasteiger partial charge in [0.15, 0.2) is 16.3 Å². The molecule has 1 aliphatic heterocycles. The van der Waals surface area contributed by atoms with Gasteiger partial charge in [0.05, 0.1) is 39.1 Å². The number of hydrogen-bond acceptors (Lipinski definition) is 7. The molecule has 2 heterocycles. The molecule has 1 aliphatic rings. The van der Waals surface area contributed by atoms with Crippen molar-refractivity contribution in [2.75, 3.05) is 13.7 Å². The Balaban J connectivity index is 1.48. The van der Waals surface area contributed by atoms with Gasteiger partial charge >= 0.3 is 5.97 Å². The van der Waals surface area contributed by atoms with E-state index < -0.39 is 12.0 Å². The van der Waals surface area contributed by atoms with Gasteiger partial charge < -0.3 is 14.2 Å². The summed E-state index contributed by atoms with van der Waals surface area (Å²) in [6.45, 7) is 2.17. The number of benzene rings is 4. The standard InChI is InChI=1S/C36H28FIN2O5S/c1-3-44-35(42)30-31(24-10-6-4-7-11-24)39-36-40(32(30)25-12-8-5-9-13-25)34(41)29(46-36)20-23-18-27(38)33(28(19-23)43-2)45-21-22-14-16-26(37)17-15-22/h4-20,32H,3,21H2,1-2H3/b29-20-/t32-/m0/s1. The predicted molar refractivity (Wildman–Crippen MR) is 184 cm³/mol. The molecular formula is C36H28FIN2O5S. The van der Waals surface area contributed by atoms with Crippen molar-refractivity contribution in [3.63, 3.8) is 0 Å². The fourth-order valence-electron chi connectivity index (χ4n) is 5.24. The molecule has 6 rings (SSSR count). The number of methoxy groups -OCH3 is 1. The van der Waals surface area contributed by atoms with Gasteiger partial charge in [0.1, 0.15) is 12.4 Å². The zero-order valence-corrected chi connectivity index (χ0v) is 27.9. The Morgan fingerprint density at radius 3 is 2.39 bits per heavy atom. The van der Waals surface area contributed by atoms with Gasteiger partial charge in [-0.25, -0.2) is 14.2 Å². The minimum atomic E-state index is -0.745. The molecule has 10 heteroatoms. The molecule has 1 atom stereocenters. The number of hydrogen-bond donors (Lipinski definition) is 0. The van der Waals surface area contributed by atoms with Crippen molar-refractivity contribution in [1.29, 1.82) is 0 Å². The van der Waals surface area contributed by atoms with Crippen LogP contribution in [0, 0.1) is 9.39 Å². The summed E-state index contributed by atoms with van der Waals surface area (Å²) in [5, 5.41) is 0. The van der Waals surface area contributed by atoms with Crippen molar-refractivity contribution < 1.29 is 23.4 Å². The second kappa shape index (κ2) is 13.8. The Kier molecular flexibility index (Phi) is 9.46. The van der Waals surface area contributed by atoms with Crippen molar-refractivity contribution >= 4 is 51.7 Å². The first kappa shape index (κ1) is 31.4. The third-order valence-electron chi connectivity index (χ3n) is 7.33. The average Bonchev–Trinajstić information content (AvgIpc) is 3.38. The van der Waals surface area contributed by atoms with Gasteiger partial charge in [-0.05, 0) is 76.5 Å². The van der Waals surface area contributed by atoms with Gasteiger partial charge in [0.2, 0.25) is 0 Å². The Bertz CT molecular complexity index is 2110. The molecule has 0 fully saturated rings. The van der Waals surface area contributed by atoms with Gasteiger partial charge in [-0.1, -0.05) is 84.1 Å². The van der Waals surface area contributed by atoms with Crippen LogP contribution in [0.25, 0.3) is 11.8 Å². The Labute approximate surface area is 282 Å². The summed E-state index contributed by atoms with van der Waals surface area (Å²) in [7, 11) is 1.55. The molecule has 0 bridgehead atoms. The van der Waals surface area contributed by atoms with E-state index in [-0.39, 0.29) is 24.6 Å². The molecule has 232 valence electrons. The summed E-state index contributed by atoms with van der Waals surface area (Å²) >= 11 is 3.42. The molecule has 0 spiro atoms. The largest absolute Gasteiger partial charge is 0.493 e. The van der Waals surface area contributed by atoms with Gasteiger partial charge in [-0.2, -0.15) is 0 Å². The number of aromatic nitrogens is 1. The number of rotatable bonds is 9. The first-order chi connectivity index (χ1) is 22.4. The van der Waals surface area contributed by atoms with Crippen LogP contribution in [0.2, 0.25) is 0 Å². The number of fused-ring (bicyclic) bond motifs is 1. The maximum absolute atomic E-state index is 14.2. The Hall–Kier alpha value is -4.55. The first-order valence-electron chi connectivity index (χ1n) is 14.5. The van der Waals surface area contributed by atoms with E-state index in [0.717, 1.165) is 25.8 Å². The number of esters is 1. The van der Waals surface area contributed by atoms with Crippen LogP contribution in [0.3, 0.4) is 0 Å². The maximum atomic E-state index is 14.2. The van der Waals surface area contributed by atoms with Crippen molar-refractivity contribution in [2.45, 2.75) is 19.6 Å². The van der Waals surface area contributed by atoms with Crippen molar-refractivity contribution in [1.82, 2.24) is 4.57 Å². The molecule has 7 nitrogen and oxygen atoms in total. The van der Waals surface area contributed by atoms with Crippen LogP contribution in [0.4, 0.5) is 4.39 Å². The molecule has 0 amide bonds. The van der Waals surface area contributed by atoms with Crippen LogP contribution >= 0.6 is 33.9 Å². The highest BCUT2D eigenvalue weighted by molar-refractivity contribution is 14.1. The lowest BCUT2D eigenvalue weighted by Gasteiger charge is -2.25. The SMILES string of the molecule is CCOC(=O)C1=C(c2ccccc2)N=c2s/c(=C\c3cc(I)c(OCc4ccc(F)cc4)c(OC)c3)c(=O)n2[C@H]1c1ccccc1. The van der Waals surface area contributed by atoms with Crippen LogP contribution < -0.4 is 24.4 Å². The van der Waals surface area contributed by atoms with E-state index in [1.165, 1.54) is 23.5 Å². The lowest BCUT2D eigenvalue weighted by atomic mass is 9.93. The zero-order valence-electron chi connectivity index (χ0n) is 24.9. The van der Waals surface area contributed by atoms with Crippen LogP contribution in [-0.4, -0.2) is 24.3 Å². The van der Waals surface area contributed by atoms with Gasteiger partial charge in [-0.3, -0.25) is 9.36 Å². The molecule has 1 aromatic heterocycles. The second-order valence-corrected chi connectivity index (χ2v) is 12.5. The maximum Gasteiger partial charge on any atom is 0.338 e. The highest BCUT2D eigenvalue weighted by atomic mass is 127. The quantitative estimate of drug-likeness (QED) is 0.131. The summed E-state index contributed by atoms with van der Waals surface area (Å²) in [6.07, 6.45) is 1.79.